The third-order valence-electron chi connectivity index (χ3n) is 5.08. The average Bonchev–Trinajstić information content (AvgIpc) is 3.39. The van der Waals surface area contributed by atoms with Gasteiger partial charge in [-0.25, -0.2) is 0 Å². The second kappa shape index (κ2) is 7.44. The number of benzene rings is 2. The molecule has 0 spiro atoms. The maximum atomic E-state index is 13.4. The highest BCUT2D eigenvalue weighted by molar-refractivity contribution is 6.11. The second-order valence-corrected chi connectivity index (χ2v) is 6.88. The summed E-state index contributed by atoms with van der Waals surface area (Å²) in [5.41, 5.74) is 2.93. The fraction of sp³-hybridized carbons (Fsp3) is 0.130. The number of pyridine rings is 1. The topological polar surface area (TPSA) is 72.9 Å². The maximum absolute atomic E-state index is 13.4. The Kier molecular flexibility index (Phi) is 4.48. The number of nitrogens with one attached hydrogen (secondary N) is 1. The maximum Gasteiger partial charge on any atom is 0.275 e. The van der Waals surface area contributed by atoms with E-state index >= 15 is 0 Å². The minimum Gasteiger partial charge on any atom is -0.497 e. The lowest BCUT2D eigenvalue weighted by atomic mass is 10.1. The first-order valence-corrected chi connectivity index (χ1v) is 9.49. The van der Waals surface area contributed by atoms with Crippen LogP contribution in [-0.2, 0) is 4.79 Å². The number of hydrogen-bond donors (Lipinski definition) is 1. The number of fused-ring (bicyclic) bond motifs is 1. The van der Waals surface area contributed by atoms with Gasteiger partial charge in [-0.15, -0.1) is 0 Å². The summed E-state index contributed by atoms with van der Waals surface area (Å²) in [6.45, 7) is 0.203. The third kappa shape index (κ3) is 3.20. The zero-order valence-corrected chi connectivity index (χ0v) is 16.2. The van der Waals surface area contributed by atoms with Gasteiger partial charge in [-0.1, -0.05) is 6.07 Å². The smallest absolute Gasteiger partial charge is 0.275 e. The van der Waals surface area contributed by atoms with Crippen molar-refractivity contribution >= 4 is 17.3 Å². The molecule has 0 aliphatic carbocycles. The molecule has 1 unspecified atom stereocenters. The van der Waals surface area contributed by atoms with Crippen LogP contribution in [0.3, 0.4) is 0 Å². The van der Waals surface area contributed by atoms with Crippen molar-refractivity contribution < 1.29 is 19.0 Å². The molecule has 1 amide bonds. The highest BCUT2D eigenvalue weighted by Crippen LogP contribution is 2.38. The Morgan fingerprint density at radius 2 is 1.93 bits per heavy atom. The Balaban J connectivity index is 1.49. The molecular formula is C23H19N3O4. The van der Waals surface area contributed by atoms with Gasteiger partial charge in [0.2, 0.25) is 6.79 Å². The fourth-order valence-corrected chi connectivity index (χ4v) is 3.60. The largest absolute Gasteiger partial charge is 0.497 e. The van der Waals surface area contributed by atoms with E-state index < -0.39 is 0 Å². The van der Waals surface area contributed by atoms with E-state index in [1.165, 1.54) is 0 Å². The molecule has 30 heavy (non-hydrogen) atoms. The number of carbonyl (C=O) groups excluding carboxylic acids is 1. The van der Waals surface area contributed by atoms with E-state index in [0.717, 1.165) is 22.7 Å². The molecule has 1 aromatic heterocycles. The van der Waals surface area contributed by atoms with Gasteiger partial charge in [-0.05, 0) is 54.1 Å². The molecule has 2 aliphatic heterocycles. The first-order chi connectivity index (χ1) is 14.7. The van der Waals surface area contributed by atoms with Crippen molar-refractivity contribution in [2.24, 2.45) is 0 Å². The number of methoxy groups -OCH3 is 1. The van der Waals surface area contributed by atoms with Crippen molar-refractivity contribution in [3.63, 3.8) is 0 Å². The standard InChI is InChI=1S/C23H19N3O4/c1-28-18-7-5-17(6-8-18)26-20(15-3-2-10-24-13-15)12-19(23(26)27)25-16-4-9-21-22(11-16)30-14-29-21/h2-13,20,25H,14H2,1H3. The first-order valence-electron chi connectivity index (χ1n) is 9.49. The van der Waals surface area contributed by atoms with Crippen molar-refractivity contribution in [3.05, 3.63) is 84.3 Å². The number of carbonyl (C=O) groups is 1. The Hall–Kier alpha value is -4.00. The van der Waals surface area contributed by atoms with Gasteiger partial charge in [0.05, 0.1) is 13.2 Å². The van der Waals surface area contributed by atoms with E-state index in [-0.39, 0.29) is 18.7 Å². The lowest BCUT2D eigenvalue weighted by Crippen LogP contribution is -2.30. The third-order valence-corrected chi connectivity index (χ3v) is 5.08. The number of anilines is 2. The molecule has 0 fully saturated rings. The SMILES string of the molecule is COc1ccc(N2C(=O)C(Nc3ccc4c(c3)OCO4)=CC2c2cccnc2)cc1. The molecule has 150 valence electrons. The number of amides is 1. The van der Waals surface area contributed by atoms with Crippen LogP contribution in [0.15, 0.2) is 78.8 Å². The molecule has 2 aliphatic rings. The summed E-state index contributed by atoms with van der Waals surface area (Å²) in [5, 5.41) is 3.23. The van der Waals surface area contributed by atoms with Crippen molar-refractivity contribution in [3.8, 4) is 17.2 Å². The zero-order valence-electron chi connectivity index (χ0n) is 16.2. The van der Waals surface area contributed by atoms with Gasteiger partial charge in [-0.2, -0.15) is 0 Å². The number of hydrogen-bond acceptors (Lipinski definition) is 6. The summed E-state index contributed by atoms with van der Waals surface area (Å²) >= 11 is 0. The molecule has 7 heteroatoms. The highest BCUT2D eigenvalue weighted by Gasteiger charge is 2.35. The van der Waals surface area contributed by atoms with Crippen LogP contribution in [0.2, 0.25) is 0 Å². The van der Waals surface area contributed by atoms with Gasteiger partial charge < -0.3 is 19.5 Å². The van der Waals surface area contributed by atoms with E-state index in [1.807, 2.05) is 60.7 Å². The summed E-state index contributed by atoms with van der Waals surface area (Å²) in [5.74, 6) is 1.95. The molecule has 0 bridgehead atoms. The van der Waals surface area contributed by atoms with Crippen molar-refractivity contribution in [1.82, 2.24) is 4.98 Å². The van der Waals surface area contributed by atoms with E-state index in [4.69, 9.17) is 14.2 Å². The van der Waals surface area contributed by atoms with Gasteiger partial charge in [0, 0.05) is 29.8 Å². The average molecular weight is 401 g/mol. The summed E-state index contributed by atoms with van der Waals surface area (Å²) in [7, 11) is 1.61. The van der Waals surface area contributed by atoms with Crippen LogP contribution in [0.4, 0.5) is 11.4 Å². The molecule has 5 rings (SSSR count). The van der Waals surface area contributed by atoms with Crippen molar-refractivity contribution in [1.29, 1.82) is 0 Å². The van der Waals surface area contributed by atoms with Gasteiger partial charge in [-0.3, -0.25) is 14.7 Å². The molecule has 1 N–H and O–H groups in total. The Morgan fingerprint density at radius 1 is 1.10 bits per heavy atom. The summed E-state index contributed by atoms with van der Waals surface area (Å²) < 4.78 is 16.0. The molecule has 3 heterocycles. The van der Waals surface area contributed by atoms with E-state index in [1.54, 1.807) is 24.4 Å². The minimum absolute atomic E-state index is 0.133. The Bertz CT molecular complexity index is 1110. The Labute approximate surface area is 173 Å². The lowest BCUT2D eigenvalue weighted by Gasteiger charge is -2.25. The van der Waals surface area contributed by atoms with E-state index in [0.29, 0.717) is 17.2 Å². The normalized spacial score (nSPS) is 17.1. The molecule has 2 aromatic carbocycles. The van der Waals surface area contributed by atoms with Crippen molar-refractivity contribution in [2.45, 2.75) is 6.04 Å². The van der Waals surface area contributed by atoms with Crippen LogP contribution in [0.25, 0.3) is 0 Å². The minimum atomic E-state index is -0.281. The van der Waals surface area contributed by atoms with Gasteiger partial charge in [0.25, 0.3) is 5.91 Å². The van der Waals surface area contributed by atoms with Gasteiger partial charge in [0.1, 0.15) is 11.4 Å². The predicted octanol–water partition coefficient (Wildman–Crippen LogP) is 3.90. The molecule has 7 nitrogen and oxygen atoms in total. The summed E-state index contributed by atoms with van der Waals surface area (Å²) in [6, 6.07) is 16.5. The van der Waals surface area contributed by atoms with Crippen LogP contribution < -0.4 is 24.4 Å². The quantitative estimate of drug-likeness (QED) is 0.699. The van der Waals surface area contributed by atoms with Crippen LogP contribution in [0.5, 0.6) is 17.2 Å². The first kappa shape index (κ1) is 18.1. The molecule has 3 aromatic rings. The lowest BCUT2D eigenvalue weighted by molar-refractivity contribution is -0.114. The predicted molar refractivity (Wildman–Crippen MR) is 112 cm³/mol. The number of rotatable bonds is 5. The molecular weight excluding hydrogens is 382 g/mol. The molecule has 0 saturated heterocycles. The number of nitrogens with zero attached hydrogens (tertiary/aromatic N) is 2. The van der Waals surface area contributed by atoms with Crippen LogP contribution in [0.1, 0.15) is 11.6 Å². The fourth-order valence-electron chi connectivity index (χ4n) is 3.60. The van der Waals surface area contributed by atoms with Gasteiger partial charge in [0.15, 0.2) is 11.5 Å². The molecule has 1 atom stereocenters. The zero-order chi connectivity index (χ0) is 20.5. The van der Waals surface area contributed by atoms with Crippen LogP contribution >= 0.6 is 0 Å². The molecule has 0 saturated carbocycles. The van der Waals surface area contributed by atoms with E-state index in [9.17, 15) is 4.79 Å². The summed E-state index contributed by atoms with van der Waals surface area (Å²) in [6.07, 6.45) is 5.40. The van der Waals surface area contributed by atoms with Gasteiger partial charge >= 0.3 is 0 Å². The second-order valence-electron chi connectivity index (χ2n) is 6.88. The highest BCUT2D eigenvalue weighted by atomic mass is 16.7. The van der Waals surface area contributed by atoms with Crippen LogP contribution in [0, 0.1) is 0 Å². The Morgan fingerprint density at radius 3 is 2.70 bits per heavy atom. The van der Waals surface area contributed by atoms with E-state index in [2.05, 4.69) is 10.3 Å². The summed E-state index contributed by atoms with van der Waals surface area (Å²) in [4.78, 5) is 19.3. The molecule has 0 radical (unpaired) electrons. The number of ether oxygens (including phenoxy) is 3. The number of aromatic nitrogens is 1. The van der Waals surface area contributed by atoms with Crippen LogP contribution in [-0.4, -0.2) is 24.8 Å². The monoisotopic (exact) mass is 401 g/mol. The van der Waals surface area contributed by atoms with Crippen molar-refractivity contribution in [2.75, 3.05) is 24.1 Å².